The quantitative estimate of drug-likeness (QED) is 0.617. The molecule has 0 aromatic heterocycles. The molecule has 1 aliphatic heterocycles. The summed E-state index contributed by atoms with van der Waals surface area (Å²) in [7, 11) is 3.15. The van der Waals surface area contributed by atoms with Crippen molar-refractivity contribution < 1.29 is 19.0 Å². The van der Waals surface area contributed by atoms with Crippen LogP contribution in [0.1, 0.15) is 22.3 Å². The second kappa shape index (κ2) is 6.85. The molecule has 1 heterocycles. The topological polar surface area (TPSA) is 44.8 Å². The summed E-state index contributed by atoms with van der Waals surface area (Å²) in [6.45, 7) is 4.04. The van der Waals surface area contributed by atoms with Crippen LogP contribution in [-0.2, 0) is 9.53 Å². The van der Waals surface area contributed by atoms with Crippen LogP contribution in [0.4, 0.5) is 0 Å². The van der Waals surface area contributed by atoms with Crippen LogP contribution in [-0.4, -0.2) is 20.2 Å². The van der Waals surface area contributed by atoms with Crippen molar-refractivity contribution in [1.82, 2.24) is 0 Å². The Balaban J connectivity index is 2.02. The van der Waals surface area contributed by atoms with E-state index >= 15 is 0 Å². The lowest BCUT2D eigenvalue weighted by molar-refractivity contribution is -0.130. The van der Waals surface area contributed by atoms with Gasteiger partial charge in [0.1, 0.15) is 5.76 Å². The minimum Gasteiger partial charge on any atom is -0.493 e. The number of esters is 1. The maximum Gasteiger partial charge on any atom is 0.343 e. The summed E-state index contributed by atoms with van der Waals surface area (Å²) in [5, 5.41) is 0. The van der Waals surface area contributed by atoms with Crippen LogP contribution >= 0.6 is 0 Å². The van der Waals surface area contributed by atoms with E-state index in [1.165, 1.54) is 5.56 Å². The van der Waals surface area contributed by atoms with E-state index in [2.05, 4.69) is 6.07 Å². The number of benzene rings is 2. The molecule has 25 heavy (non-hydrogen) atoms. The Morgan fingerprint density at radius 2 is 1.84 bits per heavy atom. The van der Waals surface area contributed by atoms with Crippen molar-refractivity contribution >= 4 is 17.8 Å². The van der Waals surface area contributed by atoms with E-state index in [1.807, 2.05) is 44.2 Å². The monoisotopic (exact) mass is 336 g/mol. The highest BCUT2D eigenvalue weighted by molar-refractivity contribution is 6.05. The minimum atomic E-state index is -0.375. The fourth-order valence-electron chi connectivity index (χ4n) is 2.90. The fraction of sp³-hybridized carbons (Fsp3) is 0.190. The maximum absolute atomic E-state index is 12.3. The van der Waals surface area contributed by atoms with Crippen LogP contribution in [0.25, 0.3) is 11.8 Å². The van der Waals surface area contributed by atoms with E-state index in [0.29, 0.717) is 22.8 Å². The predicted molar refractivity (Wildman–Crippen MR) is 97.5 cm³/mol. The second-order valence-corrected chi connectivity index (χ2v) is 5.90. The van der Waals surface area contributed by atoms with Gasteiger partial charge in [-0.15, -0.1) is 0 Å². The molecule has 4 nitrogen and oxygen atoms in total. The largest absolute Gasteiger partial charge is 0.493 e. The van der Waals surface area contributed by atoms with Gasteiger partial charge < -0.3 is 14.2 Å². The lowest BCUT2D eigenvalue weighted by Gasteiger charge is -2.10. The normalized spacial score (nSPS) is 15.1. The van der Waals surface area contributed by atoms with Crippen molar-refractivity contribution in [1.29, 1.82) is 0 Å². The van der Waals surface area contributed by atoms with Gasteiger partial charge in [-0.3, -0.25) is 0 Å². The number of rotatable bonds is 4. The van der Waals surface area contributed by atoms with Gasteiger partial charge in [-0.05, 0) is 37.6 Å². The van der Waals surface area contributed by atoms with Crippen LogP contribution in [0.3, 0.4) is 0 Å². The zero-order valence-corrected chi connectivity index (χ0v) is 14.8. The molecule has 0 aliphatic carbocycles. The Morgan fingerprint density at radius 1 is 1.04 bits per heavy atom. The number of carbonyl (C=O) groups excluding carboxylic acids is 1. The predicted octanol–water partition coefficient (Wildman–Crippen LogP) is 4.30. The average Bonchev–Trinajstić information content (AvgIpc) is 2.95. The van der Waals surface area contributed by atoms with Gasteiger partial charge >= 0.3 is 5.97 Å². The van der Waals surface area contributed by atoms with E-state index in [4.69, 9.17) is 14.2 Å². The number of hydrogen-bond acceptors (Lipinski definition) is 4. The molecule has 0 amide bonds. The zero-order valence-electron chi connectivity index (χ0n) is 14.8. The van der Waals surface area contributed by atoms with Crippen molar-refractivity contribution in [2.75, 3.05) is 14.2 Å². The Morgan fingerprint density at radius 3 is 2.52 bits per heavy atom. The van der Waals surface area contributed by atoms with Crippen molar-refractivity contribution in [3.05, 3.63) is 70.3 Å². The molecule has 0 atom stereocenters. The highest BCUT2D eigenvalue weighted by Crippen LogP contribution is 2.35. The van der Waals surface area contributed by atoms with Crippen molar-refractivity contribution in [2.24, 2.45) is 0 Å². The molecule has 0 N–H and O–H groups in total. The highest BCUT2D eigenvalue weighted by atomic mass is 16.5. The first-order valence-corrected chi connectivity index (χ1v) is 7.97. The second-order valence-electron chi connectivity index (χ2n) is 5.90. The van der Waals surface area contributed by atoms with Crippen LogP contribution < -0.4 is 9.47 Å². The van der Waals surface area contributed by atoms with Crippen LogP contribution in [0.5, 0.6) is 11.5 Å². The summed E-state index contributed by atoms with van der Waals surface area (Å²) in [6, 6.07) is 11.6. The molecular formula is C21H20O4. The van der Waals surface area contributed by atoms with Gasteiger partial charge in [-0.25, -0.2) is 4.79 Å². The van der Waals surface area contributed by atoms with Gasteiger partial charge in [0, 0.05) is 11.1 Å². The van der Waals surface area contributed by atoms with E-state index in [0.717, 1.165) is 16.7 Å². The molecule has 3 rings (SSSR count). The smallest absolute Gasteiger partial charge is 0.343 e. The molecule has 0 saturated carbocycles. The van der Waals surface area contributed by atoms with Crippen molar-refractivity contribution in [3.63, 3.8) is 0 Å². The van der Waals surface area contributed by atoms with Gasteiger partial charge in [0.15, 0.2) is 11.5 Å². The van der Waals surface area contributed by atoms with Crippen LogP contribution in [0.15, 0.2) is 48.0 Å². The molecule has 1 aliphatic rings. The molecule has 0 bridgehead atoms. The number of para-hydroxylation sites is 1. The Kier molecular flexibility index (Phi) is 4.61. The van der Waals surface area contributed by atoms with E-state index in [-0.39, 0.29) is 5.97 Å². The number of hydrogen-bond donors (Lipinski definition) is 0. The average molecular weight is 336 g/mol. The molecule has 2 aromatic rings. The Hall–Kier alpha value is -3.01. The maximum atomic E-state index is 12.3. The lowest BCUT2D eigenvalue weighted by Crippen LogP contribution is -1.99. The van der Waals surface area contributed by atoms with Gasteiger partial charge in [-0.2, -0.15) is 0 Å². The fourth-order valence-corrected chi connectivity index (χ4v) is 2.90. The minimum absolute atomic E-state index is 0.375. The van der Waals surface area contributed by atoms with E-state index in [1.54, 1.807) is 26.4 Å². The zero-order chi connectivity index (χ0) is 18.0. The standard InChI is InChI=1S/C21H20O4/c1-13-8-9-17(14(2)10-13)19-12-16(21(22)25-19)11-15-6-5-7-18(23-3)20(15)24-4/h5-12H,1-4H3. The van der Waals surface area contributed by atoms with Crippen molar-refractivity contribution in [3.8, 4) is 11.5 Å². The third-order valence-electron chi connectivity index (χ3n) is 4.12. The SMILES string of the molecule is COc1cccc(C=C2C=C(c3ccc(C)cc3C)OC2=O)c1OC. The first-order chi connectivity index (χ1) is 12.0. The first-order valence-electron chi connectivity index (χ1n) is 7.97. The number of ether oxygens (including phenoxy) is 3. The van der Waals surface area contributed by atoms with E-state index in [9.17, 15) is 4.79 Å². The molecule has 2 aromatic carbocycles. The molecule has 0 spiro atoms. The highest BCUT2D eigenvalue weighted by Gasteiger charge is 2.23. The van der Waals surface area contributed by atoms with Crippen LogP contribution in [0, 0.1) is 13.8 Å². The van der Waals surface area contributed by atoms with E-state index < -0.39 is 0 Å². The van der Waals surface area contributed by atoms with Gasteiger partial charge in [0.25, 0.3) is 0 Å². The third-order valence-corrected chi connectivity index (χ3v) is 4.12. The number of carbonyl (C=O) groups is 1. The summed E-state index contributed by atoms with van der Waals surface area (Å²) in [5.41, 5.74) is 4.38. The lowest BCUT2D eigenvalue weighted by atomic mass is 10.0. The van der Waals surface area contributed by atoms with Gasteiger partial charge in [-0.1, -0.05) is 35.9 Å². The van der Waals surface area contributed by atoms with Gasteiger partial charge in [0.2, 0.25) is 0 Å². The molecule has 0 saturated heterocycles. The summed E-state index contributed by atoms with van der Waals surface area (Å²) < 4.78 is 16.2. The third kappa shape index (κ3) is 3.29. The van der Waals surface area contributed by atoms with Crippen LogP contribution in [0.2, 0.25) is 0 Å². The molecule has 128 valence electrons. The summed E-state index contributed by atoms with van der Waals surface area (Å²) in [5.74, 6) is 1.39. The Bertz CT molecular complexity index is 891. The molecule has 0 radical (unpaired) electrons. The first kappa shape index (κ1) is 16.8. The van der Waals surface area contributed by atoms with Crippen molar-refractivity contribution in [2.45, 2.75) is 13.8 Å². The molecule has 4 heteroatoms. The molecular weight excluding hydrogens is 316 g/mol. The number of cyclic esters (lactones) is 1. The molecule has 0 unspecified atom stereocenters. The summed E-state index contributed by atoms with van der Waals surface area (Å²) >= 11 is 0. The number of methoxy groups -OCH3 is 2. The Labute approximate surface area is 147 Å². The number of aryl methyl sites for hydroxylation is 2. The summed E-state index contributed by atoms with van der Waals surface area (Å²) in [6.07, 6.45) is 3.51. The summed E-state index contributed by atoms with van der Waals surface area (Å²) in [4.78, 5) is 12.3. The van der Waals surface area contributed by atoms with Gasteiger partial charge in [0.05, 0.1) is 19.8 Å². The molecule has 0 fully saturated rings.